The van der Waals surface area contributed by atoms with Gasteiger partial charge in [0.2, 0.25) is 5.91 Å². The number of benzene rings is 1. The van der Waals surface area contributed by atoms with Gasteiger partial charge in [0.15, 0.2) is 5.11 Å². The Labute approximate surface area is 207 Å². The van der Waals surface area contributed by atoms with Gasteiger partial charge in [0.05, 0.1) is 26.3 Å². The zero-order valence-electron chi connectivity index (χ0n) is 19.5. The average Bonchev–Trinajstić information content (AvgIpc) is 3.35. The van der Waals surface area contributed by atoms with Crippen LogP contribution in [0.5, 0.6) is 0 Å². The smallest absolute Gasteiger partial charge is 0.239 e. The van der Waals surface area contributed by atoms with Crippen LogP contribution in [0.4, 0.5) is 0 Å². The van der Waals surface area contributed by atoms with E-state index in [1.54, 1.807) is 11.3 Å². The first-order valence-electron chi connectivity index (χ1n) is 11.8. The summed E-state index contributed by atoms with van der Waals surface area (Å²) in [6, 6.07) is 14.7. The van der Waals surface area contributed by atoms with Crippen molar-refractivity contribution in [3.8, 4) is 0 Å². The number of nitrogens with zero attached hydrogens (tertiary/aromatic N) is 2. The van der Waals surface area contributed by atoms with Gasteiger partial charge in [0.25, 0.3) is 0 Å². The van der Waals surface area contributed by atoms with E-state index in [1.807, 2.05) is 25.1 Å². The predicted octanol–water partition coefficient (Wildman–Crippen LogP) is 3.28. The number of morpholine rings is 1. The largest absolute Gasteiger partial charge is 0.379 e. The molecule has 8 heteroatoms. The lowest BCUT2D eigenvalue weighted by Crippen LogP contribution is -2.46. The summed E-state index contributed by atoms with van der Waals surface area (Å²) in [4.78, 5) is 18.3. The third-order valence-electron chi connectivity index (χ3n) is 5.74. The van der Waals surface area contributed by atoms with Crippen LogP contribution in [0, 0.1) is 0 Å². The van der Waals surface area contributed by atoms with Crippen LogP contribution >= 0.6 is 23.6 Å². The third kappa shape index (κ3) is 9.80. The molecule has 0 radical (unpaired) electrons. The number of hydrogen-bond acceptors (Lipinski definition) is 5. The zero-order chi connectivity index (χ0) is 23.3. The molecular weight excluding hydrogens is 452 g/mol. The predicted molar refractivity (Wildman–Crippen MR) is 140 cm³/mol. The molecule has 1 saturated heterocycles. The van der Waals surface area contributed by atoms with Crippen LogP contribution in [0.25, 0.3) is 0 Å². The lowest BCUT2D eigenvalue weighted by molar-refractivity contribution is -0.120. The van der Waals surface area contributed by atoms with Crippen molar-refractivity contribution in [2.45, 2.75) is 38.8 Å². The Kier molecular flexibility index (Phi) is 11.1. The second kappa shape index (κ2) is 14.3. The van der Waals surface area contributed by atoms with E-state index < -0.39 is 0 Å². The van der Waals surface area contributed by atoms with Crippen LogP contribution in [0.3, 0.4) is 0 Å². The molecule has 1 aliphatic heterocycles. The lowest BCUT2D eigenvalue weighted by atomic mass is 10.1. The molecule has 1 aromatic heterocycles. The SMILES string of the molecule is CC(CCc1ccccc1)NC(=O)CNC(=S)N(CCCN1CCOCC1)Cc1cccs1. The number of amides is 1. The monoisotopic (exact) mass is 488 g/mol. The number of carbonyl (C=O) groups excluding carboxylic acids is 1. The van der Waals surface area contributed by atoms with E-state index in [0.29, 0.717) is 5.11 Å². The van der Waals surface area contributed by atoms with Gasteiger partial charge in [-0.25, -0.2) is 0 Å². The van der Waals surface area contributed by atoms with Gasteiger partial charge in [0.1, 0.15) is 0 Å². The lowest BCUT2D eigenvalue weighted by Gasteiger charge is -2.29. The van der Waals surface area contributed by atoms with Gasteiger partial charge in [-0.2, -0.15) is 0 Å². The molecule has 2 heterocycles. The summed E-state index contributed by atoms with van der Waals surface area (Å²) in [7, 11) is 0. The van der Waals surface area contributed by atoms with Crippen LogP contribution < -0.4 is 10.6 Å². The molecule has 33 heavy (non-hydrogen) atoms. The molecule has 0 bridgehead atoms. The molecule has 0 spiro atoms. The van der Waals surface area contributed by atoms with Crippen molar-refractivity contribution in [1.82, 2.24) is 20.4 Å². The van der Waals surface area contributed by atoms with Gasteiger partial charge in [-0.1, -0.05) is 36.4 Å². The van der Waals surface area contributed by atoms with Crippen molar-refractivity contribution >= 4 is 34.6 Å². The minimum atomic E-state index is -0.0256. The van der Waals surface area contributed by atoms with Crippen molar-refractivity contribution in [1.29, 1.82) is 0 Å². The molecule has 2 N–H and O–H groups in total. The van der Waals surface area contributed by atoms with Gasteiger partial charge in [-0.15, -0.1) is 11.3 Å². The van der Waals surface area contributed by atoms with Crippen molar-refractivity contribution in [2.24, 2.45) is 0 Å². The molecule has 1 atom stereocenters. The number of nitrogens with one attached hydrogen (secondary N) is 2. The minimum Gasteiger partial charge on any atom is -0.379 e. The summed E-state index contributed by atoms with van der Waals surface area (Å²) in [6.07, 6.45) is 2.88. The zero-order valence-corrected chi connectivity index (χ0v) is 21.1. The third-order valence-corrected chi connectivity index (χ3v) is 7.00. The molecule has 6 nitrogen and oxygen atoms in total. The maximum atomic E-state index is 12.5. The first-order chi connectivity index (χ1) is 16.1. The molecule has 2 aromatic rings. The van der Waals surface area contributed by atoms with Crippen molar-refractivity contribution in [3.05, 3.63) is 58.3 Å². The summed E-state index contributed by atoms with van der Waals surface area (Å²) < 4.78 is 5.44. The molecule has 0 saturated carbocycles. The molecular formula is C25H36N4O2S2. The van der Waals surface area contributed by atoms with Crippen LogP contribution in [0.15, 0.2) is 47.8 Å². The summed E-state index contributed by atoms with van der Waals surface area (Å²) in [5, 5.41) is 8.98. The Balaban J connectivity index is 1.40. The van der Waals surface area contributed by atoms with Gasteiger partial charge in [0, 0.05) is 37.1 Å². The summed E-state index contributed by atoms with van der Waals surface area (Å²) >= 11 is 7.40. The number of ether oxygens (including phenoxy) is 1. The van der Waals surface area contributed by atoms with E-state index in [1.165, 1.54) is 10.4 Å². The molecule has 1 amide bonds. The molecule has 180 valence electrons. The molecule has 3 rings (SSSR count). The first-order valence-corrected chi connectivity index (χ1v) is 13.1. The maximum Gasteiger partial charge on any atom is 0.239 e. The van der Waals surface area contributed by atoms with Crippen LogP contribution in [0.1, 0.15) is 30.2 Å². The Morgan fingerprint density at radius 3 is 2.73 bits per heavy atom. The number of aryl methyl sites for hydroxylation is 1. The van der Waals surface area contributed by atoms with E-state index in [2.05, 4.69) is 50.1 Å². The fraction of sp³-hybridized carbons (Fsp3) is 0.520. The van der Waals surface area contributed by atoms with Crippen molar-refractivity contribution in [3.63, 3.8) is 0 Å². The second-order valence-corrected chi connectivity index (χ2v) is 9.88. The molecule has 1 aromatic carbocycles. The van der Waals surface area contributed by atoms with Crippen LogP contribution in [-0.4, -0.2) is 72.8 Å². The highest BCUT2D eigenvalue weighted by Crippen LogP contribution is 2.13. The minimum absolute atomic E-state index is 0.0256. The quantitative estimate of drug-likeness (QED) is 0.447. The molecule has 1 aliphatic rings. The molecule has 0 aliphatic carbocycles. The second-order valence-electron chi connectivity index (χ2n) is 8.46. The van der Waals surface area contributed by atoms with E-state index in [0.717, 1.165) is 65.2 Å². The van der Waals surface area contributed by atoms with E-state index in [4.69, 9.17) is 17.0 Å². The fourth-order valence-electron chi connectivity index (χ4n) is 3.85. The summed E-state index contributed by atoms with van der Waals surface area (Å²) in [6.45, 7) is 8.53. The Hall–Kier alpha value is -2.00. The molecule has 1 unspecified atom stereocenters. The van der Waals surface area contributed by atoms with Crippen LogP contribution in [0.2, 0.25) is 0 Å². The number of hydrogen-bond donors (Lipinski definition) is 2. The van der Waals surface area contributed by atoms with Crippen molar-refractivity contribution in [2.75, 3.05) is 45.9 Å². The highest BCUT2D eigenvalue weighted by atomic mass is 32.1. The van der Waals surface area contributed by atoms with Gasteiger partial charge >= 0.3 is 0 Å². The van der Waals surface area contributed by atoms with Crippen LogP contribution in [-0.2, 0) is 22.5 Å². The summed E-state index contributed by atoms with van der Waals surface area (Å²) in [5.74, 6) is -0.0256. The van der Waals surface area contributed by atoms with Gasteiger partial charge < -0.3 is 20.3 Å². The standard InChI is InChI=1S/C25H36N4O2S2/c1-21(10-11-22-7-3-2-4-8-22)27-24(30)19-26-25(32)29(20-23-9-5-18-33-23)13-6-12-28-14-16-31-17-15-28/h2-5,7-9,18,21H,6,10-17,19-20H2,1H3,(H,26,32)(H,27,30). The average molecular weight is 489 g/mol. The van der Waals surface area contributed by atoms with E-state index >= 15 is 0 Å². The van der Waals surface area contributed by atoms with Gasteiger partial charge in [-0.05, 0) is 55.4 Å². The first kappa shape index (κ1) is 25.6. The Bertz CT molecular complexity index is 826. The number of thiophene rings is 1. The normalized spacial score (nSPS) is 15.1. The summed E-state index contributed by atoms with van der Waals surface area (Å²) in [5.41, 5.74) is 1.29. The van der Waals surface area contributed by atoms with Gasteiger partial charge in [-0.3, -0.25) is 9.69 Å². The maximum absolute atomic E-state index is 12.5. The number of carbonyl (C=O) groups is 1. The Morgan fingerprint density at radius 1 is 1.21 bits per heavy atom. The van der Waals surface area contributed by atoms with Crippen molar-refractivity contribution < 1.29 is 9.53 Å². The topological polar surface area (TPSA) is 56.8 Å². The highest BCUT2D eigenvalue weighted by Gasteiger charge is 2.15. The number of rotatable bonds is 12. The Morgan fingerprint density at radius 2 is 2.00 bits per heavy atom. The molecule has 1 fully saturated rings. The fourth-order valence-corrected chi connectivity index (χ4v) is 4.79. The van der Waals surface area contributed by atoms with E-state index in [-0.39, 0.29) is 18.5 Å². The highest BCUT2D eigenvalue weighted by molar-refractivity contribution is 7.80. The van der Waals surface area contributed by atoms with E-state index in [9.17, 15) is 4.79 Å². The number of thiocarbonyl (C=S) groups is 1.